The molecule has 0 N–H and O–H groups in total. The van der Waals surface area contributed by atoms with Crippen LogP contribution in [0.25, 0.3) is 66.4 Å². The van der Waals surface area contributed by atoms with E-state index in [2.05, 4.69) is 273 Å². The minimum atomic E-state index is -0.130. The van der Waals surface area contributed by atoms with E-state index in [1.165, 1.54) is 44.2 Å². The summed E-state index contributed by atoms with van der Waals surface area (Å²) in [5.41, 5.74) is 26.1. The van der Waals surface area contributed by atoms with Crippen molar-refractivity contribution in [3.8, 4) is 56.0 Å². The second-order valence-corrected chi connectivity index (χ2v) is 26.1. The van der Waals surface area contributed by atoms with Crippen molar-refractivity contribution >= 4 is 79.2 Å². The van der Waals surface area contributed by atoms with Gasteiger partial charge in [0.2, 0.25) is 0 Å². The van der Waals surface area contributed by atoms with Gasteiger partial charge < -0.3 is 23.7 Å². The van der Waals surface area contributed by atoms with Gasteiger partial charge >= 0.3 is 0 Å². The lowest BCUT2D eigenvalue weighted by Gasteiger charge is -2.45. The van der Waals surface area contributed by atoms with Crippen LogP contribution in [0.5, 0.6) is 11.5 Å². The van der Waals surface area contributed by atoms with Crippen LogP contribution >= 0.6 is 0 Å². The predicted octanol–water partition coefficient (Wildman–Crippen LogP) is 18.7. The van der Waals surface area contributed by atoms with Gasteiger partial charge in [0.1, 0.15) is 16.9 Å². The highest BCUT2D eigenvalue weighted by atomic mass is 16.5. The fourth-order valence-electron chi connectivity index (χ4n) is 12.9. The topological polar surface area (TPSA) is 38.1 Å². The highest BCUT2D eigenvalue weighted by molar-refractivity contribution is 7.00. The first-order valence-electron chi connectivity index (χ1n) is 29.2. The molecule has 0 atom stereocenters. The molecule has 0 amide bonds. The van der Waals surface area contributed by atoms with Crippen molar-refractivity contribution in [3.05, 3.63) is 222 Å². The van der Waals surface area contributed by atoms with Crippen LogP contribution in [-0.2, 0) is 16.2 Å². The van der Waals surface area contributed by atoms with Crippen LogP contribution < -0.4 is 35.7 Å². The van der Waals surface area contributed by atoms with Gasteiger partial charge in [-0.3, -0.25) is 0 Å². The molecule has 14 rings (SSSR count). The molecular weight excluding hydrogens is 1000 g/mol. The van der Waals surface area contributed by atoms with Crippen molar-refractivity contribution in [1.29, 1.82) is 0 Å². The number of para-hydroxylation sites is 1. The fraction of sp³-hybridized carbons (Fsp3) is 0.211. The Hall–Kier alpha value is -8.74. The number of fused-ring (bicyclic) bond motifs is 8. The highest BCUT2D eigenvalue weighted by Crippen LogP contribution is 2.54. The van der Waals surface area contributed by atoms with Crippen LogP contribution in [0.15, 0.2) is 205 Å². The van der Waals surface area contributed by atoms with E-state index in [4.69, 9.17) is 13.9 Å². The van der Waals surface area contributed by atoms with Gasteiger partial charge in [-0.1, -0.05) is 190 Å². The fourth-order valence-corrected chi connectivity index (χ4v) is 12.9. The van der Waals surface area contributed by atoms with Crippen LogP contribution in [0.2, 0.25) is 0 Å². The Kier molecular flexibility index (Phi) is 12.0. The Morgan fingerprint density at radius 1 is 0.402 bits per heavy atom. The number of furan rings is 1. The predicted molar refractivity (Wildman–Crippen MR) is 346 cm³/mol. The summed E-state index contributed by atoms with van der Waals surface area (Å²) in [5.74, 6) is 1.53. The third-order valence-corrected chi connectivity index (χ3v) is 17.3. The Bertz CT molecular complexity index is 4250. The third kappa shape index (κ3) is 8.77. The Morgan fingerprint density at radius 3 is 1.67 bits per heavy atom. The molecule has 0 spiro atoms. The second kappa shape index (κ2) is 19.2. The molecule has 3 aliphatic rings. The number of ether oxygens (including phenoxy) is 2. The summed E-state index contributed by atoms with van der Waals surface area (Å²) < 4.78 is 20.1. The van der Waals surface area contributed by atoms with Gasteiger partial charge in [-0.25, -0.2) is 0 Å². The quantitative estimate of drug-likeness (QED) is 0.155. The Labute approximate surface area is 483 Å². The lowest BCUT2D eigenvalue weighted by atomic mass is 9.33. The van der Waals surface area contributed by atoms with E-state index in [0.29, 0.717) is 13.2 Å². The number of aryl methyl sites for hydroxylation is 1. The van der Waals surface area contributed by atoms with E-state index < -0.39 is 0 Å². The Morgan fingerprint density at radius 2 is 0.988 bits per heavy atom. The van der Waals surface area contributed by atoms with Crippen LogP contribution in [-0.4, -0.2) is 19.9 Å². The molecule has 82 heavy (non-hydrogen) atoms. The molecule has 0 fully saturated rings. The van der Waals surface area contributed by atoms with E-state index in [1.54, 1.807) is 0 Å². The zero-order valence-electron chi connectivity index (χ0n) is 48.9. The third-order valence-electron chi connectivity index (χ3n) is 17.3. The minimum absolute atomic E-state index is 0.0186. The van der Waals surface area contributed by atoms with Gasteiger partial charge in [0.15, 0.2) is 11.5 Å². The van der Waals surface area contributed by atoms with Gasteiger partial charge in [-0.15, -0.1) is 0 Å². The van der Waals surface area contributed by atoms with Crippen LogP contribution in [0, 0.1) is 6.92 Å². The van der Waals surface area contributed by atoms with E-state index in [9.17, 15) is 0 Å². The molecule has 0 bridgehead atoms. The van der Waals surface area contributed by atoms with Crippen molar-refractivity contribution in [2.45, 2.75) is 91.9 Å². The molecule has 0 saturated heterocycles. The maximum Gasteiger partial charge on any atom is 0.252 e. The molecule has 4 heterocycles. The number of rotatable bonds is 6. The zero-order chi connectivity index (χ0) is 56.4. The monoisotopic (exact) mass is 1070 g/mol. The summed E-state index contributed by atoms with van der Waals surface area (Å²) in [6.45, 7) is 24.0. The molecule has 0 unspecified atom stereocenters. The van der Waals surface area contributed by atoms with Gasteiger partial charge in [0.25, 0.3) is 6.71 Å². The standard InChI is InChI=1S/C76H69BN2O3/c1-47-39-66-71-67(40-47)79(72-59(50-17-12-11-13-18-50)33-36-69-73(72)81-38-16-37-80-69)64-35-31-57(76(8,9)10)46-63(64)77(71)62-34-26-51(52-25-32-61-60-19-14-15-20-68(60)82-70(61)45-52)44-65(62)78(66)58-42-53(48-21-27-55(28-22-48)74(2,3)4)41-54(43-58)49-23-29-56(30-24-49)75(5,6)7/h11-15,17-36,39-46H,16,37-38H2,1-10H3. The summed E-state index contributed by atoms with van der Waals surface area (Å²) in [6, 6.07) is 75.2. The number of nitrogens with zero attached hydrogens (tertiary/aromatic N) is 2. The minimum Gasteiger partial charge on any atom is -0.489 e. The number of anilines is 6. The molecule has 0 saturated carbocycles. The largest absolute Gasteiger partial charge is 0.489 e. The van der Waals surface area contributed by atoms with Crippen LogP contribution in [0.1, 0.15) is 91.0 Å². The molecule has 11 aromatic rings. The molecule has 5 nitrogen and oxygen atoms in total. The summed E-state index contributed by atoms with van der Waals surface area (Å²) >= 11 is 0. The van der Waals surface area contributed by atoms with Gasteiger partial charge in [-0.05, 0) is 174 Å². The second-order valence-electron chi connectivity index (χ2n) is 26.1. The molecule has 0 aliphatic carbocycles. The summed E-state index contributed by atoms with van der Waals surface area (Å²) in [4.78, 5) is 5.11. The molecule has 0 radical (unpaired) electrons. The first-order chi connectivity index (χ1) is 39.4. The SMILES string of the molecule is Cc1cc2c3c(c1)N(c1c(-c4ccccc4)ccc4c1OCCCO4)c1ccc(C(C)(C)C)cc1B3c1ccc(-c3ccc4c(c3)oc3ccccc34)cc1N2c1cc(-c2ccc(C(C)(C)C)cc2)cc(-c2ccc(C(C)(C)C)cc2)c1. The van der Waals surface area contributed by atoms with Crippen molar-refractivity contribution < 1.29 is 13.9 Å². The maximum absolute atomic E-state index is 6.95. The average Bonchev–Trinajstić information content (AvgIpc) is 3.68. The van der Waals surface area contributed by atoms with Crippen LogP contribution in [0.3, 0.4) is 0 Å². The molecule has 1 aromatic heterocycles. The maximum atomic E-state index is 6.95. The molecule has 3 aliphatic heterocycles. The molecule has 10 aromatic carbocycles. The first kappa shape index (κ1) is 51.4. The van der Waals surface area contributed by atoms with Gasteiger partial charge in [0, 0.05) is 51.2 Å². The lowest BCUT2D eigenvalue weighted by molar-refractivity contribution is 0.297. The highest BCUT2D eigenvalue weighted by Gasteiger charge is 2.45. The van der Waals surface area contributed by atoms with Crippen molar-refractivity contribution in [1.82, 2.24) is 0 Å². The zero-order valence-corrected chi connectivity index (χ0v) is 48.9. The number of hydrogen-bond acceptors (Lipinski definition) is 5. The summed E-state index contributed by atoms with van der Waals surface area (Å²) in [6.07, 6.45) is 0.796. The lowest BCUT2D eigenvalue weighted by Crippen LogP contribution is -2.61. The summed E-state index contributed by atoms with van der Waals surface area (Å²) in [5, 5.41) is 2.24. The normalized spacial score (nSPS) is 14.0. The summed E-state index contributed by atoms with van der Waals surface area (Å²) in [7, 11) is 0. The molecule has 6 heteroatoms. The van der Waals surface area contributed by atoms with E-state index >= 15 is 0 Å². The van der Waals surface area contributed by atoms with Crippen molar-refractivity contribution in [3.63, 3.8) is 0 Å². The average molecular weight is 1070 g/mol. The molecule has 404 valence electrons. The van der Waals surface area contributed by atoms with Gasteiger partial charge in [0.05, 0.1) is 13.2 Å². The van der Waals surface area contributed by atoms with Crippen molar-refractivity contribution in [2.75, 3.05) is 23.0 Å². The first-order valence-corrected chi connectivity index (χ1v) is 29.2. The number of hydrogen-bond donors (Lipinski definition) is 0. The smallest absolute Gasteiger partial charge is 0.252 e. The Balaban J connectivity index is 1.07. The van der Waals surface area contributed by atoms with Crippen LogP contribution in [0.4, 0.5) is 34.1 Å². The van der Waals surface area contributed by atoms with Crippen molar-refractivity contribution in [2.24, 2.45) is 0 Å². The molecular formula is C76H69BN2O3. The van der Waals surface area contributed by atoms with E-state index in [0.717, 1.165) is 113 Å². The van der Waals surface area contributed by atoms with E-state index in [-0.39, 0.29) is 23.0 Å². The van der Waals surface area contributed by atoms with Gasteiger partial charge in [-0.2, -0.15) is 0 Å². The number of benzene rings is 10. The van der Waals surface area contributed by atoms with E-state index in [1.807, 2.05) is 6.07 Å².